The molecule has 2 rings (SSSR count). The molecule has 0 amide bonds. The van der Waals surface area contributed by atoms with E-state index in [1.165, 1.54) is 6.07 Å². The summed E-state index contributed by atoms with van der Waals surface area (Å²) in [7, 11) is 0. The van der Waals surface area contributed by atoms with Crippen molar-refractivity contribution < 1.29 is 9.50 Å². The molecule has 1 aromatic heterocycles. The van der Waals surface area contributed by atoms with Gasteiger partial charge in [-0.3, -0.25) is 4.68 Å². The minimum Gasteiger partial charge on any atom is -0.396 e. The van der Waals surface area contributed by atoms with E-state index in [-0.39, 0.29) is 18.3 Å². The average Bonchev–Trinajstić information content (AvgIpc) is 2.73. The van der Waals surface area contributed by atoms with Gasteiger partial charge < -0.3 is 5.11 Å². The molecule has 0 saturated carbocycles. The van der Waals surface area contributed by atoms with E-state index in [2.05, 4.69) is 21.0 Å². The van der Waals surface area contributed by atoms with Gasteiger partial charge in [0.15, 0.2) is 0 Å². The van der Waals surface area contributed by atoms with Crippen molar-refractivity contribution in [2.75, 3.05) is 6.61 Å². The predicted molar refractivity (Wildman–Crippen MR) is 80.3 cm³/mol. The van der Waals surface area contributed by atoms with Crippen LogP contribution in [-0.4, -0.2) is 21.5 Å². The third-order valence-corrected chi connectivity index (χ3v) is 4.49. The number of hydrogen-bond donors (Lipinski definition) is 1. The summed E-state index contributed by atoms with van der Waals surface area (Å²) in [6.45, 7) is 4.59. The van der Waals surface area contributed by atoms with E-state index in [1.54, 1.807) is 18.2 Å². The Labute approximate surface area is 126 Å². The SMILES string of the molecule is CCn1nc(C)c(Br)c1CC(CO)c1ccccc1F. The summed E-state index contributed by atoms with van der Waals surface area (Å²) in [6.07, 6.45) is 0.548. The number of halogens is 2. The van der Waals surface area contributed by atoms with Crippen LogP contribution < -0.4 is 0 Å². The van der Waals surface area contributed by atoms with Gasteiger partial charge >= 0.3 is 0 Å². The Morgan fingerprint density at radius 3 is 2.70 bits per heavy atom. The van der Waals surface area contributed by atoms with Gasteiger partial charge in [-0.2, -0.15) is 5.10 Å². The summed E-state index contributed by atoms with van der Waals surface area (Å²) in [5.74, 6) is -0.546. The number of nitrogens with zero attached hydrogens (tertiary/aromatic N) is 2. The maximum atomic E-state index is 13.9. The van der Waals surface area contributed by atoms with Gasteiger partial charge in [0.05, 0.1) is 22.5 Å². The van der Waals surface area contributed by atoms with Gasteiger partial charge in [0, 0.05) is 12.5 Å². The van der Waals surface area contributed by atoms with Crippen molar-refractivity contribution in [3.05, 3.63) is 51.5 Å². The molecule has 108 valence electrons. The van der Waals surface area contributed by atoms with Gasteiger partial charge in [-0.15, -0.1) is 0 Å². The molecule has 1 heterocycles. The van der Waals surface area contributed by atoms with E-state index in [0.717, 1.165) is 22.4 Å². The molecule has 0 radical (unpaired) electrons. The van der Waals surface area contributed by atoms with Crippen LogP contribution in [-0.2, 0) is 13.0 Å². The summed E-state index contributed by atoms with van der Waals surface area (Å²) in [5.41, 5.74) is 2.45. The molecule has 3 nitrogen and oxygen atoms in total. The second kappa shape index (κ2) is 6.50. The fourth-order valence-corrected chi connectivity index (χ4v) is 2.82. The third kappa shape index (κ3) is 2.94. The molecule has 1 unspecified atom stereocenters. The lowest BCUT2D eigenvalue weighted by Crippen LogP contribution is -2.13. The van der Waals surface area contributed by atoms with Crippen LogP contribution in [0.4, 0.5) is 4.39 Å². The number of aromatic nitrogens is 2. The van der Waals surface area contributed by atoms with Gasteiger partial charge in [0.1, 0.15) is 5.82 Å². The number of aryl methyl sites for hydroxylation is 2. The van der Waals surface area contributed by atoms with Crippen LogP contribution in [0.15, 0.2) is 28.7 Å². The van der Waals surface area contributed by atoms with E-state index in [0.29, 0.717) is 12.0 Å². The van der Waals surface area contributed by atoms with Crippen molar-refractivity contribution >= 4 is 15.9 Å². The topological polar surface area (TPSA) is 38.0 Å². The van der Waals surface area contributed by atoms with Gasteiger partial charge in [-0.1, -0.05) is 18.2 Å². The van der Waals surface area contributed by atoms with Crippen LogP contribution in [0.1, 0.15) is 29.8 Å². The Morgan fingerprint density at radius 1 is 1.40 bits per heavy atom. The molecule has 2 aromatic rings. The predicted octanol–water partition coefficient (Wildman–Crippen LogP) is 3.43. The van der Waals surface area contributed by atoms with E-state index < -0.39 is 0 Å². The van der Waals surface area contributed by atoms with Crippen LogP contribution >= 0.6 is 15.9 Å². The monoisotopic (exact) mass is 340 g/mol. The average molecular weight is 341 g/mol. The largest absolute Gasteiger partial charge is 0.396 e. The van der Waals surface area contributed by atoms with E-state index in [4.69, 9.17) is 0 Å². The zero-order valence-corrected chi connectivity index (χ0v) is 13.2. The van der Waals surface area contributed by atoms with Crippen molar-refractivity contribution in [1.29, 1.82) is 0 Å². The molecule has 0 spiro atoms. The summed E-state index contributed by atoms with van der Waals surface area (Å²) in [6, 6.07) is 6.60. The molecular formula is C15H18BrFN2O. The van der Waals surface area contributed by atoms with Crippen molar-refractivity contribution in [3.8, 4) is 0 Å². The van der Waals surface area contributed by atoms with Crippen LogP contribution in [0, 0.1) is 12.7 Å². The van der Waals surface area contributed by atoms with Gasteiger partial charge in [-0.05, 0) is 47.8 Å². The zero-order chi connectivity index (χ0) is 14.7. The van der Waals surface area contributed by atoms with Gasteiger partial charge in [0.2, 0.25) is 0 Å². The van der Waals surface area contributed by atoms with Crippen molar-refractivity contribution in [3.63, 3.8) is 0 Å². The molecule has 20 heavy (non-hydrogen) atoms. The molecule has 0 aliphatic rings. The number of rotatable bonds is 5. The van der Waals surface area contributed by atoms with E-state index in [9.17, 15) is 9.50 Å². The van der Waals surface area contributed by atoms with Crippen molar-refractivity contribution in [1.82, 2.24) is 9.78 Å². The highest BCUT2D eigenvalue weighted by Crippen LogP contribution is 2.28. The molecule has 0 bridgehead atoms. The van der Waals surface area contributed by atoms with Gasteiger partial charge in [0.25, 0.3) is 0 Å². The minimum absolute atomic E-state index is 0.0959. The first-order chi connectivity index (χ1) is 9.58. The Hall–Kier alpha value is -1.20. The molecule has 0 fully saturated rings. The second-order valence-electron chi connectivity index (χ2n) is 4.77. The quantitative estimate of drug-likeness (QED) is 0.905. The fourth-order valence-electron chi connectivity index (χ4n) is 2.38. The molecule has 5 heteroatoms. The smallest absolute Gasteiger partial charge is 0.126 e. The number of aliphatic hydroxyl groups is 1. The van der Waals surface area contributed by atoms with Crippen molar-refractivity contribution in [2.45, 2.75) is 32.7 Å². The molecule has 1 aromatic carbocycles. The lowest BCUT2D eigenvalue weighted by Gasteiger charge is -2.16. The summed E-state index contributed by atoms with van der Waals surface area (Å²) < 4.78 is 16.7. The lowest BCUT2D eigenvalue weighted by molar-refractivity contribution is 0.260. The Balaban J connectivity index is 2.34. The second-order valence-corrected chi connectivity index (χ2v) is 5.56. The Kier molecular flexibility index (Phi) is 4.94. The first-order valence-corrected chi connectivity index (χ1v) is 7.44. The highest BCUT2D eigenvalue weighted by Gasteiger charge is 2.20. The minimum atomic E-state index is -0.276. The number of hydrogen-bond acceptors (Lipinski definition) is 2. The van der Waals surface area contributed by atoms with E-state index in [1.807, 2.05) is 18.5 Å². The van der Waals surface area contributed by atoms with Crippen LogP contribution in [0.5, 0.6) is 0 Å². The Bertz CT molecular complexity index is 598. The fraction of sp³-hybridized carbons (Fsp3) is 0.400. The van der Waals surface area contributed by atoms with Crippen LogP contribution in [0.3, 0.4) is 0 Å². The summed E-state index contributed by atoms with van der Waals surface area (Å²) in [4.78, 5) is 0. The van der Waals surface area contributed by atoms with E-state index >= 15 is 0 Å². The third-order valence-electron chi connectivity index (χ3n) is 3.46. The number of benzene rings is 1. The normalized spacial score (nSPS) is 12.7. The first-order valence-electron chi connectivity index (χ1n) is 6.65. The molecule has 0 aliphatic heterocycles. The van der Waals surface area contributed by atoms with Crippen molar-refractivity contribution in [2.24, 2.45) is 0 Å². The molecule has 0 saturated heterocycles. The first kappa shape index (κ1) is 15.2. The summed E-state index contributed by atoms with van der Waals surface area (Å²) >= 11 is 3.53. The molecule has 0 aliphatic carbocycles. The van der Waals surface area contributed by atoms with Crippen LogP contribution in [0.2, 0.25) is 0 Å². The maximum Gasteiger partial charge on any atom is 0.126 e. The number of aliphatic hydroxyl groups excluding tert-OH is 1. The van der Waals surface area contributed by atoms with Crippen LogP contribution in [0.25, 0.3) is 0 Å². The van der Waals surface area contributed by atoms with Gasteiger partial charge in [-0.25, -0.2) is 4.39 Å². The highest BCUT2D eigenvalue weighted by molar-refractivity contribution is 9.10. The zero-order valence-electron chi connectivity index (χ0n) is 11.6. The molecule has 1 atom stereocenters. The molecule has 1 N–H and O–H groups in total. The highest BCUT2D eigenvalue weighted by atomic mass is 79.9. The standard InChI is InChI=1S/C15H18BrFN2O/c1-3-19-14(15(16)10(2)18-19)8-11(9-20)12-6-4-5-7-13(12)17/h4-7,11,20H,3,8-9H2,1-2H3. The Morgan fingerprint density at radius 2 is 2.10 bits per heavy atom. The maximum absolute atomic E-state index is 13.9. The summed E-state index contributed by atoms with van der Waals surface area (Å²) in [5, 5.41) is 14.0. The lowest BCUT2D eigenvalue weighted by atomic mass is 9.94. The molecular weight excluding hydrogens is 323 g/mol.